The third-order valence-corrected chi connectivity index (χ3v) is 3.11. The van der Waals surface area contributed by atoms with Gasteiger partial charge in [-0.1, -0.05) is 6.07 Å². The van der Waals surface area contributed by atoms with Crippen molar-refractivity contribution in [1.29, 1.82) is 0 Å². The zero-order chi connectivity index (χ0) is 10.8. The number of rotatable bonds is 2. The van der Waals surface area contributed by atoms with Gasteiger partial charge in [0.1, 0.15) is 5.56 Å². The maximum atomic E-state index is 11.5. The van der Waals surface area contributed by atoms with E-state index in [1.54, 1.807) is 24.5 Å². The summed E-state index contributed by atoms with van der Waals surface area (Å²) in [6.45, 7) is 0. The first-order chi connectivity index (χ1) is 7.27. The molecule has 15 heavy (non-hydrogen) atoms. The molecule has 0 amide bonds. The molecule has 0 aliphatic rings. The number of methoxy groups -OCH3 is 2. The van der Waals surface area contributed by atoms with Crippen LogP contribution in [0.25, 0.3) is 10.1 Å². The van der Waals surface area contributed by atoms with Crippen molar-refractivity contribution in [2.24, 2.45) is 0 Å². The topological polar surface area (TPSA) is 35.5 Å². The lowest BCUT2D eigenvalue weighted by atomic mass is 10.1. The molecule has 0 saturated carbocycles. The zero-order valence-electron chi connectivity index (χ0n) is 8.44. The Bertz CT molecular complexity index is 502. The van der Waals surface area contributed by atoms with E-state index in [1.165, 1.54) is 7.11 Å². The van der Waals surface area contributed by atoms with Crippen LogP contribution in [0.15, 0.2) is 23.6 Å². The van der Waals surface area contributed by atoms with Crippen molar-refractivity contribution in [2.45, 2.75) is 0 Å². The monoisotopic (exact) mass is 222 g/mol. The van der Waals surface area contributed by atoms with Gasteiger partial charge in [0, 0.05) is 0 Å². The summed E-state index contributed by atoms with van der Waals surface area (Å²) in [6.07, 6.45) is 0. The molecule has 4 heteroatoms. The third-order valence-electron chi connectivity index (χ3n) is 2.19. The molecule has 0 N–H and O–H groups in total. The van der Waals surface area contributed by atoms with Crippen molar-refractivity contribution in [2.75, 3.05) is 14.2 Å². The molecule has 0 bridgehead atoms. The minimum absolute atomic E-state index is 0.373. The van der Waals surface area contributed by atoms with Crippen molar-refractivity contribution in [1.82, 2.24) is 0 Å². The molecule has 2 rings (SSSR count). The maximum Gasteiger partial charge on any atom is 0.341 e. The van der Waals surface area contributed by atoms with Gasteiger partial charge in [-0.15, -0.1) is 11.3 Å². The number of hydrogen-bond acceptors (Lipinski definition) is 4. The highest BCUT2D eigenvalue weighted by atomic mass is 32.1. The van der Waals surface area contributed by atoms with E-state index in [1.807, 2.05) is 17.5 Å². The average molecular weight is 222 g/mol. The molecule has 3 nitrogen and oxygen atoms in total. The van der Waals surface area contributed by atoms with E-state index in [4.69, 9.17) is 4.74 Å². The Kier molecular flexibility index (Phi) is 2.60. The standard InChI is InChI=1S/C11H10O3S/c1-13-9-8(11(12)14-2)4-3-7-5-6-15-10(7)9/h3-6H,1-2H3. The maximum absolute atomic E-state index is 11.5. The molecule has 1 heterocycles. The van der Waals surface area contributed by atoms with Gasteiger partial charge in [-0.3, -0.25) is 0 Å². The van der Waals surface area contributed by atoms with E-state index in [9.17, 15) is 4.79 Å². The highest BCUT2D eigenvalue weighted by Crippen LogP contribution is 2.34. The van der Waals surface area contributed by atoms with Gasteiger partial charge in [-0.25, -0.2) is 4.79 Å². The normalized spacial score (nSPS) is 10.3. The number of ether oxygens (including phenoxy) is 2. The molecule has 0 fully saturated rings. The van der Waals surface area contributed by atoms with Crippen molar-refractivity contribution < 1.29 is 14.3 Å². The number of hydrogen-bond donors (Lipinski definition) is 0. The van der Waals surface area contributed by atoms with Gasteiger partial charge in [-0.05, 0) is 22.9 Å². The van der Waals surface area contributed by atoms with Gasteiger partial charge >= 0.3 is 5.97 Å². The smallest absolute Gasteiger partial charge is 0.341 e. The molecule has 0 radical (unpaired) electrons. The fourth-order valence-electron chi connectivity index (χ4n) is 1.48. The molecule has 0 atom stereocenters. The molecule has 78 valence electrons. The SMILES string of the molecule is COC(=O)c1ccc2ccsc2c1OC. The lowest BCUT2D eigenvalue weighted by Crippen LogP contribution is -2.03. The second-order valence-electron chi connectivity index (χ2n) is 2.98. The summed E-state index contributed by atoms with van der Waals surface area (Å²) in [5, 5.41) is 3.04. The van der Waals surface area contributed by atoms with Gasteiger partial charge in [-0.2, -0.15) is 0 Å². The zero-order valence-corrected chi connectivity index (χ0v) is 9.26. The molecular weight excluding hydrogens is 212 g/mol. The van der Waals surface area contributed by atoms with E-state index >= 15 is 0 Å². The van der Waals surface area contributed by atoms with E-state index in [0.29, 0.717) is 11.3 Å². The first-order valence-corrected chi connectivity index (χ1v) is 5.28. The van der Waals surface area contributed by atoms with Gasteiger partial charge < -0.3 is 9.47 Å². The van der Waals surface area contributed by atoms with Crippen molar-refractivity contribution in [3.05, 3.63) is 29.1 Å². The van der Waals surface area contributed by atoms with Crippen molar-refractivity contribution in [3.8, 4) is 5.75 Å². The number of carbonyl (C=O) groups excluding carboxylic acids is 1. The molecule has 0 spiro atoms. The second kappa shape index (κ2) is 3.90. The Hall–Kier alpha value is -1.55. The molecule has 0 aliphatic carbocycles. The van der Waals surface area contributed by atoms with Crippen LogP contribution in [0.4, 0.5) is 0 Å². The van der Waals surface area contributed by atoms with Crippen LogP contribution in [0.2, 0.25) is 0 Å². The number of esters is 1. The number of fused-ring (bicyclic) bond motifs is 1. The van der Waals surface area contributed by atoms with Crippen LogP contribution in [0.3, 0.4) is 0 Å². The van der Waals surface area contributed by atoms with Crippen LogP contribution >= 0.6 is 11.3 Å². The summed E-state index contributed by atoms with van der Waals surface area (Å²) in [5.41, 5.74) is 0.468. The predicted octanol–water partition coefficient (Wildman–Crippen LogP) is 2.70. The number of carbonyl (C=O) groups is 1. The van der Waals surface area contributed by atoms with Crippen LogP contribution in [-0.4, -0.2) is 20.2 Å². The number of benzene rings is 1. The summed E-state index contributed by atoms with van der Waals surface area (Å²) in [6, 6.07) is 5.60. The van der Waals surface area contributed by atoms with Gasteiger partial charge in [0.15, 0.2) is 5.75 Å². The van der Waals surface area contributed by atoms with E-state index in [-0.39, 0.29) is 5.97 Å². The first-order valence-electron chi connectivity index (χ1n) is 4.40. The average Bonchev–Trinajstić information content (AvgIpc) is 2.74. The van der Waals surface area contributed by atoms with Crippen LogP contribution in [-0.2, 0) is 4.74 Å². The van der Waals surface area contributed by atoms with E-state index in [0.717, 1.165) is 10.1 Å². The Morgan fingerprint density at radius 3 is 2.73 bits per heavy atom. The Labute approximate surface area is 91.2 Å². The summed E-state index contributed by atoms with van der Waals surface area (Å²) in [4.78, 5) is 11.5. The highest BCUT2D eigenvalue weighted by Gasteiger charge is 2.15. The summed E-state index contributed by atoms with van der Waals surface area (Å²) in [5.74, 6) is 0.219. The summed E-state index contributed by atoms with van der Waals surface area (Å²) < 4.78 is 10.9. The third kappa shape index (κ3) is 1.57. The summed E-state index contributed by atoms with van der Waals surface area (Å²) in [7, 11) is 2.92. The predicted molar refractivity (Wildman–Crippen MR) is 59.7 cm³/mol. The molecular formula is C11H10O3S. The minimum Gasteiger partial charge on any atom is -0.494 e. The van der Waals surface area contributed by atoms with E-state index in [2.05, 4.69) is 4.74 Å². The molecule has 0 saturated heterocycles. The Morgan fingerprint density at radius 1 is 1.27 bits per heavy atom. The molecule has 0 unspecified atom stereocenters. The van der Waals surface area contributed by atoms with Crippen molar-refractivity contribution >= 4 is 27.4 Å². The van der Waals surface area contributed by atoms with Crippen LogP contribution in [0, 0.1) is 0 Å². The van der Waals surface area contributed by atoms with Crippen LogP contribution in [0.1, 0.15) is 10.4 Å². The van der Waals surface area contributed by atoms with Crippen LogP contribution in [0.5, 0.6) is 5.75 Å². The van der Waals surface area contributed by atoms with Gasteiger partial charge in [0.05, 0.1) is 18.9 Å². The second-order valence-corrected chi connectivity index (χ2v) is 3.89. The summed E-state index contributed by atoms with van der Waals surface area (Å²) >= 11 is 1.55. The first kappa shape index (κ1) is 9.98. The highest BCUT2D eigenvalue weighted by molar-refractivity contribution is 7.17. The van der Waals surface area contributed by atoms with Crippen LogP contribution < -0.4 is 4.74 Å². The Balaban J connectivity index is 2.69. The van der Waals surface area contributed by atoms with Gasteiger partial charge in [0.25, 0.3) is 0 Å². The molecule has 1 aromatic heterocycles. The lowest BCUT2D eigenvalue weighted by molar-refractivity contribution is 0.0597. The van der Waals surface area contributed by atoms with Gasteiger partial charge in [0.2, 0.25) is 0 Å². The minimum atomic E-state index is -0.373. The number of thiophene rings is 1. The fourth-order valence-corrected chi connectivity index (χ4v) is 2.40. The van der Waals surface area contributed by atoms with E-state index < -0.39 is 0 Å². The van der Waals surface area contributed by atoms with Crippen molar-refractivity contribution in [3.63, 3.8) is 0 Å². The largest absolute Gasteiger partial charge is 0.494 e. The molecule has 1 aromatic carbocycles. The molecule has 2 aromatic rings. The lowest BCUT2D eigenvalue weighted by Gasteiger charge is -2.07. The Morgan fingerprint density at radius 2 is 2.07 bits per heavy atom. The quantitative estimate of drug-likeness (QED) is 0.733. The molecule has 0 aliphatic heterocycles. The fraction of sp³-hybridized carbons (Fsp3) is 0.182.